The average Bonchev–Trinajstić information content (AvgIpc) is 2.94. The first-order valence-electron chi connectivity index (χ1n) is 5.79. The van der Waals surface area contributed by atoms with Crippen molar-refractivity contribution in [2.45, 2.75) is 12.2 Å². The third-order valence-corrected chi connectivity index (χ3v) is 3.07. The molecule has 0 aliphatic heterocycles. The molecule has 2 rings (SSSR count). The lowest BCUT2D eigenvalue weighted by atomic mass is 10.0. The normalized spacial score (nSPS) is 13.6. The Kier molecular flexibility index (Phi) is 4.60. The summed E-state index contributed by atoms with van der Waals surface area (Å²) in [5.74, 6) is 0. The van der Waals surface area contributed by atoms with E-state index in [0.29, 0.717) is 16.3 Å². The molecule has 0 aliphatic carbocycles. The second-order valence-electron chi connectivity index (χ2n) is 4.13. The Bertz CT molecular complexity index is 621. The average molecular weight is 294 g/mol. The molecule has 2 atom stereocenters. The van der Waals surface area contributed by atoms with E-state index < -0.39 is 12.2 Å². The molecule has 20 heavy (non-hydrogen) atoms. The quantitative estimate of drug-likeness (QED) is 0.446. The summed E-state index contributed by atoms with van der Waals surface area (Å²) in [5, 5.41) is 30.3. The predicted molar refractivity (Wildman–Crippen MR) is 74.0 cm³/mol. The van der Waals surface area contributed by atoms with Crippen LogP contribution in [0, 0.1) is 0 Å². The van der Waals surface area contributed by atoms with Gasteiger partial charge in [0.1, 0.15) is 6.10 Å². The molecule has 0 aliphatic rings. The minimum Gasteiger partial charge on any atom is -0.390 e. The van der Waals surface area contributed by atoms with Crippen LogP contribution in [0.4, 0.5) is 0 Å². The van der Waals surface area contributed by atoms with Crippen LogP contribution in [-0.4, -0.2) is 33.1 Å². The number of aliphatic hydroxyl groups excluding tert-OH is 2. The van der Waals surface area contributed by atoms with Crippen LogP contribution in [0.1, 0.15) is 11.7 Å². The standard InChI is InChI=1S/C12H12ClN5O2/c13-8-3-1-7(2-4-8)11-9(5-15-17-11)12(20)10(19)6-16-18-14/h1-5,10,12,19-20H,6H2,(H,15,17). The zero-order chi connectivity index (χ0) is 14.5. The molecular weight excluding hydrogens is 282 g/mol. The summed E-state index contributed by atoms with van der Waals surface area (Å²) in [5.41, 5.74) is 10.00. The van der Waals surface area contributed by atoms with Crippen molar-refractivity contribution in [1.29, 1.82) is 0 Å². The molecule has 0 amide bonds. The lowest BCUT2D eigenvalue weighted by molar-refractivity contribution is 0.0247. The van der Waals surface area contributed by atoms with Crippen molar-refractivity contribution in [1.82, 2.24) is 10.2 Å². The van der Waals surface area contributed by atoms with Gasteiger partial charge in [-0.05, 0) is 17.7 Å². The van der Waals surface area contributed by atoms with Crippen LogP contribution in [-0.2, 0) is 0 Å². The Morgan fingerprint density at radius 3 is 2.70 bits per heavy atom. The molecule has 1 heterocycles. The number of halogens is 1. The molecule has 0 radical (unpaired) electrons. The molecule has 1 aromatic heterocycles. The van der Waals surface area contributed by atoms with Gasteiger partial charge in [-0.3, -0.25) is 5.10 Å². The van der Waals surface area contributed by atoms with E-state index in [1.54, 1.807) is 24.3 Å². The molecule has 0 bridgehead atoms. The van der Waals surface area contributed by atoms with Crippen LogP contribution in [0.15, 0.2) is 35.6 Å². The minimum absolute atomic E-state index is 0.219. The zero-order valence-electron chi connectivity index (χ0n) is 10.3. The van der Waals surface area contributed by atoms with E-state index in [1.807, 2.05) is 0 Å². The van der Waals surface area contributed by atoms with Crippen LogP contribution in [0.2, 0.25) is 5.02 Å². The molecule has 0 saturated heterocycles. The van der Waals surface area contributed by atoms with Gasteiger partial charge in [0.05, 0.1) is 24.5 Å². The largest absolute Gasteiger partial charge is 0.390 e. The van der Waals surface area contributed by atoms with E-state index in [0.717, 1.165) is 5.56 Å². The molecule has 104 valence electrons. The number of benzene rings is 1. The van der Waals surface area contributed by atoms with Crippen molar-refractivity contribution in [3.05, 3.63) is 51.5 Å². The first kappa shape index (κ1) is 14.4. The maximum absolute atomic E-state index is 10.1. The van der Waals surface area contributed by atoms with E-state index in [2.05, 4.69) is 20.2 Å². The highest BCUT2D eigenvalue weighted by atomic mass is 35.5. The van der Waals surface area contributed by atoms with Crippen molar-refractivity contribution in [2.24, 2.45) is 5.11 Å². The van der Waals surface area contributed by atoms with Gasteiger partial charge in [-0.1, -0.05) is 28.8 Å². The summed E-state index contributed by atoms with van der Waals surface area (Å²) >= 11 is 5.82. The second-order valence-corrected chi connectivity index (χ2v) is 4.57. The lowest BCUT2D eigenvalue weighted by Gasteiger charge is -2.16. The number of azide groups is 1. The Labute approximate surface area is 119 Å². The maximum Gasteiger partial charge on any atom is 0.109 e. The number of aromatic amines is 1. The van der Waals surface area contributed by atoms with Gasteiger partial charge in [-0.15, -0.1) is 0 Å². The highest BCUT2D eigenvalue weighted by molar-refractivity contribution is 6.30. The Balaban J connectivity index is 2.28. The molecule has 1 aromatic carbocycles. The fourth-order valence-corrected chi connectivity index (χ4v) is 1.92. The van der Waals surface area contributed by atoms with E-state index in [-0.39, 0.29) is 6.54 Å². The molecule has 8 heteroatoms. The van der Waals surface area contributed by atoms with E-state index in [4.69, 9.17) is 17.1 Å². The molecule has 3 N–H and O–H groups in total. The minimum atomic E-state index is -1.20. The molecule has 2 aromatic rings. The zero-order valence-corrected chi connectivity index (χ0v) is 11.1. The van der Waals surface area contributed by atoms with Gasteiger partial charge in [0.15, 0.2) is 0 Å². The predicted octanol–water partition coefficient (Wildman–Crippen LogP) is 2.43. The topological polar surface area (TPSA) is 118 Å². The summed E-state index contributed by atoms with van der Waals surface area (Å²) in [7, 11) is 0. The molecule has 0 fully saturated rings. The first-order chi connectivity index (χ1) is 9.63. The number of hydrogen-bond donors (Lipinski definition) is 3. The van der Waals surface area contributed by atoms with Crippen LogP contribution in [0.3, 0.4) is 0 Å². The Hall–Kier alpha value is -2.05. The molecule has 0 saturated carbocycles. The molecule has 0 spiro atoms. The van der Waals surface area contributed by atoms with E-state index >= 15 is 0 Å². The van der Waals surface area contributed by atoms with Gasteiger partial charge in [-0.2, -0.15) is 5.10 Å². The number of nitrogens with one attached hydrogen (secondary N) is 1. The van der Waals surface area contributed by atoms with Gasteiger partial charge in [0, 0.05) is 21.1 Å². The van der Waals surface area contributed by atoms with Crippen LogP contribution in [0.5, 0.6) is 0 Å². The van der Waals surface area contributed by atoms with Gasteiger partial charge in [-0.25, -0.2) is 0 Å². The Morgan fingerprint density at radius 1 is 1.35 bits per heavy atom. The van der Waals surface area contributed by atoms with Gasteiger partial charge in [0.25, 0.3) is 0 Å². The third-order valence-electron chi connectivity index (χ3n) is 2.82. The molecule has 7 nitrogen and oxygen atoms in total. The van der Waals surface area contributed by atoms with E-state index in [9.17, 15) is 10.2 Å². The van der Waals surface area contributed by atoms with Crippen LogP contribution < -0.4 is 0 Å². The number of hydrogen-bond acceptors (Lipinski definition) is 4. The number of aromatic nitrogens is 2. The summed E-state index contributed by atoms with van der Waals surface area (Å²) in [6.45, 7) is -0.219. The van der Waals surface area contributed by atoms with Crippen LogP contribution >= 0.6 is 11.6 Å². The fraction of sp³-hybridized carbons (Fsp3) is 0.250. The molecule has 2 unspecified atom stereocenters. The number of aliphatic hydroxyl groups is 2. The van der Waals surface area contributed by atoms with Crippen molar-refractivity contribution in [2.75, 3.05) is 6.54 Å². The summed E-state index contributed by atoms with van der Waals surface area (Å²) in [4.78, 5) is 2.55. The van der Waals surface area contributed by atoms with Gasteiger partial charge < -0.3 is 10.2 Å². The number of H-pyrrole nitrogens is 1. The fourth-order valence-electron chi connectivity index (χ4n) is 1.79. The van der Waals surface area contributed by atoms with Gasteiger partial charge >= 0.3 is 0 Å². The van der Waals surface area contributed by atoms with Crippen molar-refractivity contribution in [3.8, 4) is 11.3 Å². The monoisotopic (exact) mass is 293 g/mol. The first-order valence-corrected chi connectivity index (χ1v) is 6.17. The Morgan fingerprint density at radius 2 is 2.05 bits per heavy atom. The maximum atomic E-state index is 10.1. The second kappa shape index (κ2) is 6.40. The van der Waals surface area contributed by atoms with Crippen LogP contribution in [0.25, 0.3) is 21.7 Å². The van der Waals surface area contributed by atoms with Crippen molar-refractivity contribution < 1.29 is 10.2 Å². The summed E-state index contributed by atoms with van der Waals surface area (Å²) in [6.07, 6.45) is -0.979. The number of nitrogens with zero attached hydrogens (tertiary/aromatic N) is 4. The smallest absolute Gasteiger partial charge is 0.109 e. The highest BCUT2D eigenvalue weighted by Gasteiger charge is 2.22. The third kappa shape index (κ3) is 3.09. The summed E-state index contributed by atoms with van der Waals surface area (Å²) < 4.78 is 0. The number of rotatable bonds is 5. The summed E-state index contributed by atoms with van der Waals surface area (Å²) in [6, 6.07) is 6.96. The van der Waals surface area contributed by atoms with Crippen molar-refractivity contribution in [3.63, 3.8) is 0 Å². The van der Waals surface area contributed by atoms with E-state index in [1.165, 1.54) is 6.20 Å². The lowest BCUT2D eigenvalue weighted by Crippen LogP contribution is -2.21. The van der Waals surface area contributed by atoms with Gasteiger partial charge in [0.2, 0.25) is 0 Å². The van der Waals surface area contributed by atoms with Crippen molar-refractivity contribution >= 4 is 11.6 Å². The molecular formula is C12H12ClN5O2. The SMILES string of the molecule is [N-]=[N+]=NCC(O)C(O)c1cn[nH]c1-c1ccc(Cl)cc1. The highest BCUT2D eigenvalue weighted by Crippen LogP contribution is 2.28.